The molecule has 0 atom stereocenters. The minimum atomic E-state index is -0.637. The molecule has 32 heavy (non-hydrogen) atoms. The maximum atomic E-state index is 11.9. The fourth-order valence-electron chi connectivity index (χ4n) is 2.47. The molecule has 0 saturated carbocycles. The molecular formula is C22H23N3O7. The van der Waals surface area contributed by atoms with Crippen LogP contribution in [-0.2, 0) is 23.9 Å². The molecule has 2 aromatic rings. The van der Waals surface area contributed by atoms with Gasteiger partial charge < -0.3 is 14.8 Å². The number of carbonyl (C=O) groups is 5. The van der Waals surface area contributed by atoms with Gasteiger partial charge in [-0.05, 0) is 42.8 Å². The van der Waals surface area contributed by atoms with Crippen LogP contribution in [0.25, 0.3) is 0 Å². The molecule has 0 bridgehead atoms. The van der Waals surface area contributed by atoms with Crippen molar-refractivity contribution in [2.45, 2.75) is 19.3 Å². The highest BCUT2D eigenvalue weighted by atomic mass is 16.5. The van der Waals surface area contributed by atoms with Crippen LogP contribution in [0.2, 0.25) is 0 Å². The number of hydrazine groups is 1. The lowest BCUT2D eigenvalue weighted by Crippen LogP contribution is -2.41. The van der Waals surface area contributed by atoms with Crippen molar-refractivity contribution >= 4 is 35.3 Å². The molecule has 0 fully saturated rings. The summed E-state index contributed by atoms with van der Waals surface area (Å²) in [7, 11) is 1.27. The van der Waals surface area contributed by atoms with Crippen molar-refractivity contribution in [3.05, 3.63) is 65.7 Å². The van der Waals surface area contributed by atoms with Gasteiger partial charge in [-0.2, -0.15) is 0 Å². The van der Waals surface area contributed by atoms with E-state index in [2.05, 4.69) is 20.9 Å². The third-order valence-corrected chi connectivity index (χ3v) is 4.09. The van der Waals surface area contributed by atoms with E-state index in [-0.39, 0.29) is 19.3 Å². The van der Waals surface area contributed by atoms with E-state index in [4.69, 9.17) is 4.74 Å². The van der Waals surface area contributed by atoms with E-state index in [0.29, 0.717) is 16.8 Å². The van der Waals surface area contributed by atoms with E-state index in [1.54, 1.807) is 30.3 Å². The van der Waals surface area contributed by atoms with Crippen LogP contribution in [0.3, 0.4) is 0 Å². The van der Waals surface area contributed by atoms with Crippen molar-refractivity contribution in [1.82, 2.24) is 10.9 Å². The van der Waals surface area contributed by atoms with E-state index in [1.807, 2.05) is 0 Å². The zero-order valence-corrected chi connectivity index (χ0v) is 17.4. The number of ether oxygens (including phenoxy) is 2. The minimum Gasteiger partial charge on any atom is -0.465 e. The van der Waals surface area contributed by atoms with Crippen LogP contribution >= 0.6 is 0 Å². The van der Waals surface area contributed by atoms with Crippen LogP contribution in [0.1, 0.15) is 40.0 Å². The molecule has 0 aromatic heterocycles. The van der Waals surface area contributed by atoms with Gasteiger partial charge in [0.2, 0.25) is 5.91 Å². The number of esters is 2. The highest BCUT2D eigenvalue weighted by molar-refractivity contribution is 5.95. The highest BCUT2D eigenvalue weighted by Crippen LogP contribution is 2.10. The first-order valence-corrected chi connectivity index (χ1v) is 9.67. The maximum Gasteiger partial charge on any atom is 0.337 e. The van der Waals surface area contributed by atoms with Gasteiger partial charge in [0.1, 0.15) is 0 Å². The number of hydrogen-bond donors (Lipinski definition) is 3. The lowest BCUT2D eigenvalue weighted by atomic mass is 10.2. The largest absolute Gasteiger partial charge is 0.465 e. The number of benzene rings is 2. The second kappa shape index (κ2) is 12.5. The van der Waals surface area contributed by atoms with Gasteiger partial charge in [0.05, 0.1) is 12.7 Å². The zero-order valence-electron chi connectivity index (χ0n) is 17.4. The lowest BCUT2D eigenvalue weighted by Gasteiger charge is -2.08. The van der Waals surface area contributed by atoms with Crippen molar-refractivity contribution in [2.75, 3.05) is 19.0 Å². The Morgan fingerprint density at radius 1 is 0.781 bits per heavy atom. The van der Waals surface area contributed by atoms with Gasteiger partial charge in [-0.15, -0.1) is 0 Å². The van der Waals surface area contributed by atoms with E-state index in [0.717, 1.165) is 0 Å². The molecule has 0 aliphatic carbocycles. The van der Waals surface area contributed by atoms with Crippen molar-refractivity contribution in [3.63, 3.8) is 0 Å². The summed E-state index contributed by atoms with van der Waals surface area (Å²) in [5.41, 5.74) is 5.70. The molecule has 0 saturated heterocycles. The number of rotatable bonds is 9. The highest BCUT2D eigenvalue weighted by Gasteiger charge is 2.11. The number of methoxy groups -OCH3 is 1. The summed E-state index contributed by atoms with van der Waals surface area (Å²) in [6, 6.07) is 14.4. The molecule has 2 aromatic carbocycles. The molecule has 168 valence electrons. The van der Waals surface area contributed by atoms with Gasteiger partial charge >= 0.3 is 11.9 Å². The van der Waals surface area contributed by atoms with Crippen molar-refractivity contribution in [1.29, 1.82) is 0 Å². The predicted octanol–water partition coefficient (Wildman–Crippen LogP) is 1.59. The molecule has 3 amide bonds. The normalized spacial score (nSPS) is 9.91. The second-order valence-corrected chi connectivity index (χ2v) is 6.50. The third-order valence-electron chi connectivity index (χ3n) is 4.09. The Bertz CT molecular complexity index is 959. The molecule has 3 N–H and O–H groups in total. The Balaban J connectivity index is 1.60. The average molecular weight is 441 g/mol. The molecule has 0 aliphatic heterocycles. The van der Waals surface area contributed by atoms with Gasteiger partial charge in [-0.3, -0.25) is 30.0 Å². The van der Waals surface area contributed by atoms with Crippen molar-refractivity contribution in [2.24, 2.45) is 0 Å². The zero-order chi connectivity index (χ0) is 23.3. The molecule has 2 rings (SSSR count). The fourth-order valence-corrected chi connectivity index (χ4v) is 2.47. The molecule has 0 aliphatic rings. The Hall–Kier alpha value is -4.21. The van der Waals surface area contributed by atoms with Gasteiger partial charge in [0.25, 0.3) is 11.8 Å². The Labute approximate surface area is 184 Å². The van der Waals surface area contributed by atoms with Crippen LogP contribution in [0.5, 0.6) is 0 Å². The van der Waals surface area contributed by atoms with Crippen LogP contribution < -0.4 is 16.2 Å². The monoisotopic (exact) mass is 441 g/mol. The SMILES string of the molecule is COC(=O)c1ccc(NC(=O)COC(=O)CCCC(=O)NNC(=O)c2ccccc2)cc1. The summed E-state index contributed by atoms with van der Waals surface area (Å²) in [6.45, 7) is -0.489. The molecule has 0 unspecified atom stereocenters. The van der Waals surface area contributed by atoms with E-state index in [9.17, 15) is 24.0 Å². The molecule has 0 spiro atoms. The predicted molar refractivity (Wildman–Crippen MR) is 113 cm³/mol. The first kappa shape index (κ1) is 24.1. The van der Waals surface area contributed by atoms with Gasteiger partial charge in [-0.1, -0.05) is 18.2 Å². The topological polar surface area (TPSA) is 140 Å². The summed E-state index contributed by atoms with van der Waals surface area (Å²) in [4.78, 5) is 58.5. The van der Waals surface area contributed by atoms with Crippen LogP contribution in [0.15, 0.2) is 54.6 Å². The standard InChI is InChI=1S/C22H23N3O7/c1-31-22(30)16-10-12-17(13-11-16)23-19(27)14-32-20(28)9-5-8-18(26)24-25-21(29)15-6-3-2-4-7-15/h2-4,6-7,10-13H,5,8-9,14H2,1H3,(H,23,27)(H,24,26)(H,25,29). The third kappa shape index (κ3) is 8.27. The van der Waals surface area contributed by atoms with Crippen LogP contribution in [-0.4, -0.2) is 43.4 Å². The summed E-state index contributed by atoms with van der Waals surface area (Å²) < 4.78 is 9.45. The molecular weight excluding hydrogens is 418 g/mol. The fraction of sp³-hybridized carbons (Fsp3) is 0.227. The van der Waals surface area contributed by atoms with E-state index < -0.39 is 36.3 Å². The average Bonchev–Trinajstić information content (AvgIpc) is 2.81. The van der Waals surface area contributed by atoms with Gasteiger partial charge in [0.15, 0.2) is 6.61 Å². The van der Waals surface area contributed by atoms with Crippen LogP contribution in [0, 0.1) is 0 Å². The van der Waals surface area contributed by atoms with E-state index in [1.165, 1.54) is 31.4 Å². The Morgan fingerprint density at radius 3 is 2.12 bits per heavy atom. The summed E-state index contributed by atoms with van der Waals surface area (Å²) in [5, 5.41) is 2.52. The van der Waals surface area contributed by atoms with Crippen molar-refractivity contribution in [3.8, 4) is 0 Å². The lowest BCUT2D eigenvalue weighted by molar-refractivity contribution is -0.147. The number of anilines is 1. The van der Waals surface area contributed by atoms with Gasteiger partial charge in [-0.25, -0.2) is 4.79 Å². The number of carbonyl (C=O) groups excluding carboxylic acids is 5. The number of nitrogens with one attached hydrogen (secondary N) is 3. The second-order valence-electron chi connectivity index (χ2n) is 6.50. The Kier molecular flexibility index (Phi) is 9.38. The van der Waals surface area contributed by atoms with Gasteiger partial charge in [0, 0.05) is 24.1 Å². The number of amides is 3. The summed E-state index contributed by atoms with van der Waals surface area (Å²) >= 11 is 0. The molecule has 0 heterocycles. The molecule has 10 heteroatoms. The number of hydrogen-bond acceptors (Lipinski definition) is 7. The summed E-state index contributed by atoms with van der Waals surface area (Å²) in [5.74, 6) is -2.60. The van der Waals surface area contributed by atoms with Crippen molar-refractivity contribution < 1.29 is 33.4 Å². The minimum absolute atomic E-state index is 0.0110. The van der Waals surface area contributed by atoms with E-state index >= 15 is 0 Å². The first-order chi connectivity index (χ1) is 15.4. The summed E-state index contributed by atoms with van der Waals surface area (Å²) in [6.07, 6.45) is 0.104. The molecule has 0 radical (unpaired) electrons. The first-order valence-electron chi connectivity index (χ1n) is 9.67. The smallest absolute Gasteiger partial charge is 0.337 e. The molecule has 10 nitrogen and oxygen atoms in total. The Morgan fingerprint density at radius 2 is 1.47 bits per heavy atom. The quantitative estimate of drug-likeness (QED) is 0.396. The maximum absolute atomic E-state index is 11.9. The van der Waals surface area contributed by atoms with Crippen LogP contribution in [0.4, 0.5) is 5.69 Å².